The SMILES string of the molecule is Cc1nc(-c2ccccc2)ncc1C(=O)N1C[C@H](c2ccccc2)[C@@H](N)C1. The Bertz CT molecular complexity index is 943. The Kier molecular flexibility index (Phi) is 4.69. The van der Waals surface area contributed by atoms with Gasteiger partial charge in [-0.05, 0) is 12.5 Å². The summed E-state index contributed by atoms with van der Waals surface area (Å²) in [6.45, 7) is 3.01. The molecule has 2 aromatic carbocycles. The van der Waals surface area contributed by atoms with Crippen LogP contribution < -0.4 is 5.73 Å². The maximum Gasteiger partial charge on any atom is 0.257 e. The van der Waals surface area contributed by atoms with Gasteiger partial charge in [-0.2, -0.15) is 0 Å². The zero-order chi connectivity index (χ0) is 18.8. The number of nitrogens with two attached hydrogens (primary N) is 1. The molecule has 1 amide bonds. The third-order valence-corrected chi connectivity index (χ3v) is 5.12. The summed E-state index contributed by atoms with van der Waals surface area (Å²) in [6, 6.07) is 19.8. The minimum Gasteiger partial charge on any atom is -0.336 e. The average Bonchev–Trinajstić information content (AvgIpc) is 3.10. The number of carbonyl (C=O) groups is 1. The van der Waals surface area contributed by atoms with Crippen molar-refractivity contribution >= 4 is 5.91 Å². The number of benzene rings is 2. The summed E-state index contributed by atoms with van der Waals surface area (Å²) in [6.07, 6.45) is 1.63. The molecule has 0 spiro atoms. The second kappa shape index (κ2) is 7.29. The van der Waals surface area contributed by atoms with E-state index in [4.69, 9.17) is 5.73 Å². The summed E-state index contributed by atoms with van der Waals surface area (Å²) in [5, 5.41) is 0. The predicted molar refractivity (Wildman–Crippen MR) is 105 cm³/mol. The third-order valence-electron chi connectivity index (χ3n) is 5.12. The molecule has 1 fully saturated rings. The standard InChI is InChI=1S/C22H22N4O/c1-15-18(12-24-21(25-15)17-10-6-3-7-11-17)22(27)26-13-19(20(23)14-26)16-8-4-2-5-9-16/h2-12,19-20H,13-14,23H2,1H3/t19-,20+/m1/s1. The maximum absolute atomic E-state index is 13.0. The first-order valence-corrected chi connectivity index (χ1v) is 9.12. The van der Waals surface area contributed by atoms with E-state index in [-0.39, 0.29) is 17.9 Å². The lowest BCUT2D eigenvalue weighted by Gasteiger charge is -2.17. The second-order valence-electron chi connectivity index (χ2n) is 6.95. The highest BCUT2D eigenvalue weighted by atomic mass is 16.2. The smallest absolute Gasteiger partial charge is 0.257 e. The van der Waals surface area contributed by atoms with Crippen LogP contribution in [0.5, 0.6) is 0 Å². The van der Waals surface area contributed by atoms with Gasteiger partial charge in [-0.3, -0.25) is 4.79 Å². The molecular formula is C22H22N4O. The summed E-state index contributed by atoms with van der Waals surface area (Å²) in [5.74, 6) is 0.728. The molecule has 3 aromatic rings. The highest BCUT2D eigenvalue weighted by molar-refractivity contribution is 5.95. The zero-order valence-corrected chi connectivity index (χ0v) is 15.2. The average molecular weight is 358 g/mol. The number of aromatic nitrogens is 2. The molecule has 136 valence electrons. The van der Waals surface area contributed by atoms with Crippen LogP contribution >= 0.6 is 0 Å². The summed E-state index contributed by atoms with van der Waals surface area (Å²) in [7, 11) is 0. The number of hydrogen-bond acceptors (Lipinski definition) is 4. The van der Waals surface area contributed by atoms with Gasteiger partial charge >= 0.3 is 0 Å². The largest absolute Gasteiger partial charge is 0.336 e. The van der Waals surface area contributed by atoms with E-state index in [0.717, 1.165) is 5.56 Å². The van der Waals surface area contributed by atoms with Gasteiger partial charge in [0.1, 0.15) is 0 Å². The molecule has 27 heavy (non-hydrogen) atoms. The molecule has 4 rings (SSSR count). The highest BCUT2D eigenvalue weighted by Gasteiger charge is 2.34. The van der Waals surface area contributed by atoms with Crippen molar-refractivity contribution < 1.29 is 4.79 Å². The molecule has 0 radical (unpaired) electrons. The Balaban J connectivity index is 1.55. The number of carbonyl (C=O) groups excluding carboxylic acids is 1. The molecule has 5 nitrogen and oxygen atoms in total. The van der Waals surface area contributed by atoms with E-state index in [0.29, 0.717) is 30.2 Å². The van der Waals surface area contributed by atoms with Crippen LogP contribution in [0.1, 0.15) is 27.5 Å². The summed E-state index contributed by atoms with van der Waals surface area (Å²) < 4.78 is 0. The molecule has 1 aromatic heterocycles. The van der Waals surface area contributed by atoms with Crippen molar-refractivity contribution in [2.24, 2.45) is 5.73 Å². The van der Waals surface area contributed by atoms with Crippen LogP contribution in [0.15, 0.2) is 66.9 Å². The molecule has 0 aliphatic carbocycles. The molecule has 2 atom stereocenters. The first kappa shape index (κ1) is 17.4. The van der Waals surface area contributed by atoms with Crippen molar-refractivity contribution in [2.75, 3.05) is 13.1 Å². The minimum atomic E-state index is -0.0684. The van der Waals surface area contributed by atoms with E-state index in [9.17, 15) is 4.79 Å². The van der Waals surface area contributed by atoms with Crippen LogP contribution in [0.3, 0.4) is 0 Å². The van der Waals surface area contributed by atoms with Crippen molar-refractivity contribution in [3.63, 3.8) is 0 Å². The van der Waals surface area contributed by atoms with Crippen molar-refractivity contribution in [2.45, 2.75) is 18.9 Å². The maximum atomic E-state index is 13.0. The first-order chi connectivity index (χ1) is 13.1. The normalized spacial score (nSPS) is 19.3. The van der Waals surface area contributed by atoms with Crippen LogP contribution in [0.4, 0.5) is 0 Å². The van der Waals surface area contributed by atoms with E-state index in [1.807, 2.05) is 60.4 Å². The molecule has 5 heteroatoms. The van der Waals surface area contributed by atoms with Gasteiger partial charge in [0, 0.05) is 36.8 Å². The van der Waals surface area contributed by atoms with Crippen molar-refractivity contribution in [3.8, 4) is 11.4 Å². The fraction of sp³-hybridized carbons (Fsp3) is 0.227. The Labute approximate surface area is 158 Å². The van der Waals surface area contributed by atoms with Crippen molar-refractivity contribution in [3.05, 3.63) is 83.7 Å². The lowest BCUT2D eigenvalue weighted by molar-refractivity contribution is 0.0787. The summed E-state index contributed by atoms with van der Waals surface area (Å²) in [5.41, 5.74) is 9.66. The number of rotatable bonds is 3. The van der Waals surface area contributed by atoms with E-state index in [2.05, 4.69) is 22.1 Å². The van der Waals surface area contributed by atoms with Crippen LogP contribution in [-0.2, 0) is 0 Å². The van der Waals surface area contributed by atoms with Crippen molar-refractivity contribution in [1.82, 2.24) is 14.9 Å². The Morgan fingerprint density at radius 3 is 2.37 bits per heavy atom. The number of nitrogens with zero attached hydrogens (tertiary/aromatic N) is 3. The molecule has 0 saturated carbocycles. The van der Waals surface area contributed by atoms with Gasteiger partial charge in [-0.1, -0.05) is 60.7 Å². The van der Waals surface area contributed by atoms with Gasteiger partial charge in [-0.25, -0.2) is 9.97 Å². The fourth-order valence-corrected chi connectivity index (χ4v) is 3.62. The minimum absolute atomic E-state index is 0.0546. The molecular weight excluding hydrogens is 336 g/mol. The highest BCUT2D eigenvalue weighted by Crippen LogP contribution is 2.28. The first-order valence-electron chi connectivity index (χ1n) is 9.12. The molecule has 2 N–H and O–H groups in total. The third kappa shape index (κ3) is 3.46. The Morgan fingerprint density at radius 2 is 1.70 bits per heavy atom. The molecule has 2 heterocycles. The number of amides is 1. The quantitative estimate of drug-likeness (QED) is 0.781. The molecule has 1 aliphatic rings. The van der Waals surface area contributed by atoms with E-state index in [1.54, 1.807) is 6.20 Å². The van der Waals surface area contributed by atoms with Crippen LogP contribution in [-0.4, -0.2) is 39.9 Å². The predicted octanol–water partition coefficient (Wildman–Crippen LogP) is 3.02. The van der Waals surface area contributed by atoms with Gasteiger partial charge in [0.05, 0.1) is 11.3 Å². The van der Waals surface area contributed by atoms with E-state index < -0.39 is 0 Å². The van der Waals surface area contributed by atoms with Crippen molar-refractivity contribution in [1.29, 1.82) is 0 Å². The topological polar surface area (TPSA) is 72.1 Å². The number of hydrogen-bond donors (Lipinski definition) is 1. The Hall–Kier alpha value is -3.05. The summed E-state index contributed by atoms with van der Waals surface area (Å²) >= 11 is 0. The van der Waals surface area contributed by atoms with Gasteiger partial charge in [0.25, 0.3) is 5.91 Å². The van der Waals surface area contributed by atoms with Crippen LogP contribution in [0.25, 0.3) is 11.4 Å². The molecule has 0 unspecified atom stereocenters. The monoisotopic (exact) mass is 358 g/mol. The van der Waals surface area contributed by atoms with E-state index in [1.165, 1.54) is 5.56 Å². The molecule has 1 aliphatic heterocycles. The van der Waals surface area contributed by atoms with Crippen LogP contribution in [0.2, 0.25) is 0 Å². The van der Waals surface area contributed by atoms with Gasteiger partial charge in [-0.15, -0.1) is 0 Å². The number of likely N-dealkylation sites (tertiary alicyclic amines) is 1. The molecule has 0 bridgehead atoms. The van der Waals surface area contributed by atoms with E-state index >= 15 is 0 Å². The number of aryl methyl sites for hydroxylation is 1. The van der Waals surface area contributed by atoms with Gasteiger partial charge in [0.2, 0.25) is 0 Å². The summed E-state index contributed by atoms with van der Waals surface area (Å²) in [4.78, 5) is 23.8. The Morgan fingerprint density at radius 1 is 1.04 bits per heavy atom. The fourth-order valence-electron chi connectivity index (χ4n) is 3.62. The molecule has 1 saturated heterocycles. The lowest BCUT2D eigenvalue weighted by Crippen LogP contribution is -2.32. The van der Waals surface area contributed by atoms with Gasteiger partial charge < -0.3 is 10.6 Å². The van der Waals surface area contributed by atoms with Gasteiger partial charge in [0.15, 0.2) is 5.82 Å². The lowest BCUT2D eigenvalue weighted by atomic mass is 9.95. The second-order valence-corrected chi connectivity index (χ2v) is 6.95. The zero-order valence-electron chi connectivity index (χ0n) is 15.2. The van der Waals surface area contributed by atoms with Crippen LogP contribution in [0, 0.1) is 6.92 Å².